The summed E-state index contributed by atoms with van der Waals surface area (Å²) >= 11 is 0. The van der Waals surface area contributed by atoms with Crippen LogP contribution in [0.25, 0.3) is 11.0 Å². The van der Waals surface area contributed by atoms with E-state index in [-0.39, 0.29) is 36.1 Å². The highest BCUT2D eigenvalue weighted by molar-refractivity contribution is 5.99. The molecule has 0 aliphatic carbocycles. The van der Waals surface area contributed by atoms with Crippen LogP contribution >= 0.6 is 24.8 Å². The van der Waals surface area contributed by atoms with E-state index >= 15 is 0 Å². The van der Waals surface area contributed by atoms with Crippen molar-refractivity contribution in [1.82, 2.24) is 15.5 Å². The minimum Gasteiger partial charge on any atom is -0.451 e. The van der Waals surface area contributed by atoms with Gasteiger partial charge in [0, 0.05) is 24.0 Å². The lowest BCUT2D eigenvalue weighted by atomic mass is 9.81. The number of carbonyl (C=O) groups excluding carboxylic acids is 1. The summed E-state index contributed by atoms with van der Waals surface area (Å²) in [6.07, 6.45) is 2.16. The Morgan fingerprint density at radius 3 is 2.54 bits per heavy atom. The summed E-state index contributed by atoms with van der Waals surface area (Å²) in [5.74, 6) is 0.338. The molecule has 1 aliphatic heterocycles. The van der Waals surface area contributed by atoms with Crippen molar-refractivity contribution in [2.24, 2.45) is 5.41 Å². The predicted octanol–water partition coefficient (Wildman–Crippen LogP) is 3.46. The Labute approximate surface area is 167 Å². The number of carbonyl (C=O) groups is 1. The topological polar surface area (TPSA) is 57.5 Å². The van der Waals surface area contributed by atoms with E-state index in [1.54, 1.807) is 0 Å². The lowest BCUT2D eigenvalue weighted by molar-refractivity contribution is 0.0894. The van der Waals surface area contributed by atoms with Crippen LogP contribution in [0.5, 0.6) is 0 Å². The van der Waals surface area contributed by atoms with Gasteiger partial charge in [0.05, 0.1) is 0 Å². The summed E-state index contributed by atoms with van der Waals surface area (Å²) in [6.45, 7) is 5.65. The standard InChI is InChI=1S/C19H27N3O2.2ClH/c1-19(8-10-20-11-9-19)13-21-18(23)17-15(12-22(2)3)14-6-4-5-7-16(14)24-17;;/h4-7,20H,8-13H2,1-3H3,(H,21,23);2*1H. The predicted molar refractivity (Wildman–Crippen MR) is 111 cm³/mol. The maximum Gasteiger partial charge on any atom is 0.287 e. The van der Waals surface area contributed by atoms with Crippen molar-refractivity contribution in [2.45, 2.75) is 26.3 Å². The molecule has 0 atom stereocenters. The van der Waals surface area contributed by atoms with Gasteiger partial charge in [-0.2, -0.15) is 0 Å². The molecular formula is C19H29Cl2N3O2. The van der Waals surface area contributed by atoms with Gasteiger partial charge in [0.2, 0.25) is 0 Å². The molecule has 3 rings (SSSR count). The Bertz CT molecular complexity index is 725. The quantitative estimate of drug-likeness (QED) is 0.805. The van der Waals surface area contributed by atoms with Crippen LogP contribution in [0.15, 0.2) is 28.7 Å². The first-order valence-electron chi connectivity index (χ1n) is 8.63. The van der Waals surface area contributed by atoms with Crippen molar-refractivity contribution in [3.63, 3.8) is 0 Å². The van der Waals surface area contributed by atoms with Gasteiger partial charge in [-0.05, 0) is 51.5 Å². The molecule has 2 heterocycles. The Kier molecular flexibility index (Phi) is 8.41. The van der Waals surface area contributed by atoms with Gasteiger partial charge >= 0.3 is 0 Å². The molecule has 0 radical (unpaired) electrons. The van der Waals surface area contributed by atoms with Crippen LogP contribution in [0.4, 0.5) is 0 Å². The number of halogens is 2. The van der Waals surface area contributed by atoms with E-state index < -0.39 is 0 Å². The third-order valence-electron chi connectivity index (χ3n) is 4.87. The zero-order valence-corrected chi connectivity index (χ0v) is 17.3. The van der Waals surface area contributed by atoms with E-state index in [1.165, 1.54) is 0 Å². The number of para-hydroxylation sites is 1. The number of fused-ring (bicyclic) bond motifs is 1. The van der Waals surface area contributed by atoms with Crippen LogP contribution in [0.2, 0.25) is 0 Å². The van der Waals surface area contributed by atoms with Crippen LogP contribution in [0.3, 0.4) is 0 Å². The van der Waals surface area contributed by atoms with Crippen LogP contribution < -0.4 is 10.6 Å². The number of hydrogen-bond donors (Lipinski definition) is 2. The van der Waals surface area contributed by atoms with E-state index in [4.69, 9.17) is 4.42 Å². The maximum absolute atomic E-state index is 12.8. The van der Waals surface area contributed by atoms with E-state index in [0.717, 1.165) is 42.5 Å². The number of rotatable bonds is 5. The molecule has 146 valence electrons. The normalized spacial score (nSPS) is 16.0. The summed E-state index contributed by atoms with van der Waals surface area (Å²) in [5.41, 5.74) is 1.89. The van der Waals surface area contributed by atoms with Crippen LogP contribution in [-0.4, -0.2) is 44.5 Å². The van der Waals surface area contributed by atoms with E-state index in [9.17, 15) is 4.79 Å². The molecule has 2 N–H and O–H groups in total. The first-order valence-corrected chi connectivity index (χ1v) is 8.63. The maximum atomic E-state index is 12.8. The molecular weight excluding hydrogens is 373 g/mol. The van der Waals surface area contributed by atoms with E-state index in [1.807, 2.05) is 38.4 Å². The number of amides is 1. The molecule has 0 bridgehead atoms. The molecule has 1 aliphatic rings. The highest BCUT2D eigenvalue weighted by Gasteiger charge is 2.28. The van der Waals surface area contributed by atoms with E-state index in [0.29, 0.717) is 18.8 Å². The first kappa shape index (κ1) is 22.8. The summed E-state index contributed by atoms with van der Waals surface area (Å²) < 4.78 is 5.88. The third kappa shape index (κ3) is 5.13. The minimum absolute atomic E-state index is 0. The van der Waals surface area contributed by atoms with Crippen molar-refractivity contribution in [3.8, 4) is 0 Å². The molecule has 5 nitrogen and oxygen atoms in total. The highest BCUT2D eigenvalue weighted by atomic mass is 35.5. The lowest BCUT2D eigenvalue weighted by Crippen LogP contribution is -2.43. The van der Waals surface area contributed by atoms with Crippen molar-refractivity contribution >= 4 is 41.7 Å². The zero-order valence-electron chi connectivity index (χ0n) is 15.6. The minimum atomic E-state index is -0.109. The summed E-state index contributed by atoms with van der Waals surface area (Å²) in [7, 11) is 4.00. The highest BCUT2D eigenvalue weighted by Crippen LogP contribution is 2.29. The smallest absolute Gasteiger partial charge is 0.287 e. The van der Waals surface area contributed by atoms with Crippen LogP contribution in [0, 0.1) is 5.41 Å². The van der Waals surface area contributed by atoms with Crippen molar-refractivity contribution in [1.29, 1.82) is 0 Å². The Balaban J connectivity index is 0.00000169. The second kappa shape index (κ2) is 9.60. The lowest BCUT2D eigenvalue weighted by Gasteiger charge is -2.34. The molecule has 0 saturated carbocycles. The molecule has 0 unspecified atom stereocenters. The average molecular weight is 402 g/mol. The van der Waals surface area contributed by atoms with Crippen molar-refractivity contribution in [2.75, 3.05) is 33.7 Å². The number of nitrogens with one attached hydrogen (secondary N) is 2. The van der Waals surface area contributed by atoms with Gasteiger partial charge in [-0.1, -0.05) is 25.1 Å². The summed E-state index contributed by atoms with van der Waals surface area (Å²) in [4.78, 5) is 14.8. The Morgan fingerprint density at radius 1 is 1.23 bits per heavy atom. The number of benzene rings is 1. The third-order valence-corrected chi connectivity index (χ3v) is 4.87. The molecule has 1 saturated heterocycles. The first-order chi connectivity index (χ1) is 11.5. The average Bonchev–Trinajstić information content (AvgIpc) is 2.92. The second-order valence-electron chi connectivity index (χ2n) is 7.39. The summed E-state index contributed by atoms with van der Waals surface area (Å²) in [5, 5.41) is 7.49. The van der Waals surface area contributed by atoms with Crippen molar-refractivity contribution in [3.05, 3.63) is 35.6 Å². The van der Waals surface area contributed by atoms with Crippen LogP contribution in [-0.2, 0) is 6.54 Å². The molecule has 7 heteroatoms. The number of piperidine rings is 1. The van der Waals surface area contributed by atoms with Gasteiger partial charge < -0.3 is 20.0 Å². The second-order valence-corrected chi connectivity index (χ2v) is 7.39. The Morgan fingerprint density at radius 2 is 1.88 bits per heavy atom. The van der Waals surface area contributed by atoms with Gasteiger partial charge in [-0.15, -0.1) is 24.8 Å². The van der Waals surface area contributed by atoms with Gasteiger partial charge in [-0.25, -0.2) is 0 Å². The fraction of sp³-hybridized carbons (Fsp3) is 0.526. The number of nitrogens with zero attached hydrogens (tertiary/aromatic N) is 1. The largest absolute Gasteiger partial charge is 0.451 e. The zero-order chi connectivity index (χ0) is 17.2. The van der Waals surface area contributed by atoms with Gasteiger partial charge in [0.25, 0.3) is 5.91 Å². The molecule has 0 spiro atoms. The fourth-order valence-electron chi connectivity index (χ4n) is 3.34. The monoisotopic (exact) mass is 401 g/mol. The fourth-order valence-corrected chi connectivity index (χ4v) is 3.34. The van der Waals surface area contributed by atoms with Crippen LogP contribution in [0.1, 0.15) is 35.9 Å². The molecule has 1 aromatic heterocycles. The number of hydrogen-bond acceptors (Lipinski definition) is 4. The van der Waals surface area contributed by atoms with Gasteiger partial charge in [0.15, 0.2) is 5.76 Å². The molecule has 2 aromatic rings. The SMILES string of the molecule is CN(C)Cc1c(C(=O)NCC2(C)CCNCC2)oc2ccccc12.Cl.Cl. The van der Waals surface area contributed by atoms with Gasteiger partial charge in [-0.3, -0.25) is 4.79 Å². The molecule has 1 fully saturated rings. The molecule has 1 aromatic carbocycles. The molecule has 26 heavy (non-hydrogen) atoms. The van der Waals surface area contributed by atoms with Crippen molar-refractivity contribution < 1.29 is 9.21 Å². The Hall–Kier alpha value is -1.27. The summed E-state index contributed by atoms with van der Waals surface area (Å²) in [6, 6.07) is 7.85. The number of furan rings is 1. The molecule has 1 amide bonds. The van der Waals surface area contributed by atoms with Gasteiger partial charge in [0.1, 0.15) is 5.58 Å². The van der Waals surface area contributed by atoms with E-state index in [2.05, 4.69) is 22.5 Å².